The first-order chi connectivity index (χ1) is 11.5. The summed E-state index contributed by atoms with van der Waals surface area (Å²) in [5, 5.41) is 3.34. The van der Waals surface area contributed by atoms with Crippen molar-refractivity contribution >= 4 is 28.2 Å². The number of ether oxygens (including phenoxy) is 1. The van der Waals surface area contributed by atoms with Gasteiger partial charge in [-0.25, -0.2) is 13.1 Å². The standard InChI is InChI=1S/C17H22N2O4S.ClH/c20-16-5-3-12-2-4-14(8-15(12)16)24(21,22)19-10-13-9-18-11-17(23-13)6-1-7-17;/h2,4,8,13,18-19H,1,3,5-7,9-11H2;1H. The summed E-state index contributed by atoms with van der Waals surface area (Å²) in [6.45, 7) is 1.73. The number of Topliss-reactive ketones (excluding diaryl/α,β-unsaturated/α-hetero) is 1. The average molecular weight is 387 g/mol. The van der Waals surface area contributed by atoms with Crippen molar-refractivity contribution < 1.29 is 17.9 Å². The molecule has 1 aromatic rings. The number of halogens is 1. The van der Waals surface area contributed by atoms with E-state index in [2.05, 4.69) is 10.0 Å². The molecule has 1 unspecified atom stereocenters. The van der Waals surface area contributed by atoms with Crippen LogP contribution in [0.15, 0.2) is 23.1 Å². The summed E-state index contributed by atoms with van der Waals surface area (Å²) >= 11 is 0. The molecular weight excluding hydrogens is 364 g/mol. The average Bonchev–Trinajstić information content (AvgIpc) is 2.93. The Kier molecular flexibility index (Phi) is 5.23. The smallest absolute Gasteiger partial charge is 0.240 e. The summed E-state index contributed by atoms with van der Waals surface area (Å²) in [7, 11) is -3.64. The first kappa shape index (κ1) is 18.8. The van der Waals surface area contributed by atoms with Gasteiger partial charge in [-0.2, -0.15) is 0 Å². The molecule has 8 heteroatoms. The Bertz CT molecular complexity index is 777. The molecular formula is C17H23ClN2O4S. The second-order valence-corrected chi connectivity index (χ2v) is 8.77. The van der Waals surface area contributed by atoms with E-state index in [-0.39, 0.29) is 41.3 Å². The van der Waals surface area contributed by atoms with Crippen LogP contribution in [0.3, 0.4) is 0 Å². The molecule has 1 atom stereocenters. The molecule has 1 saturated heterocycles. The van der Waals surface area contributed by atoms with E-state index in [1.165, 1.54) is 12.5 Å². The largest absolute Gasteiger partial charge is 0.368 e. The first-order valence-corrected chi connectivity index (χ1v) is 10.0. The number of hydrogen-bond acceptors (Lipinski definition) is 5. The highest BCUT2D eigenvalue weighted by Gasteiger charge is 2.42. The Morgan fingerprint density at radius 2 is 2.08 bits per heavy atom. The molecule has 1 spiro atoms. The van der Waals surface area contributed by atoms with Crippen molar-refractivity contribution in [3.8, 4) is 0 Å². The van der Waals surface area contributed by atoms with Crippen LogP contribution in [0.4, 0.5) is 0 Å². The van der Waals surface area contributed by atoms with Crippen molar-refractivity contribution in [3.05, 3.63) is 29.3 Å². The van der Waals surface area contributed by atoms with E-state index >= 15 is 0 Å². The minimum atomic E-state index is -3.64. The molecule has 2 aliphatic carbocycles. The molecule has 25 heavy (non-hydrogen) atoms. The van der Waals surface area contributed by atoms with Crippen molar-refractivity contribution in [2.45, 2.75) is 48.7 Å². The van der Waals surface area contributed by atoms with Gasteiger partial charge in [0, 0.05) is 31.6 Å². The van der Waals surface area contributed by atoms with Crippen LogP contribution in [0.5, 0.6) is 0 Å². The molecule has 138 valence electrons. The quantitative estimate of drug-likeness (QED) is 0.817. The molecule has 2 fully saturated rings. The number of morpholine rings is 1. The summed E-state index contributed by atoms with van der Waals surface area (Å²) in [5.74, 6) is 0.0220. The highest BCUT2D eigenvalue weighted by atomic mass is 35.5. The van der Waals surface area contributed by atoms with E-state index in [0.29, 0.717) is 24.9 Å². The molecule has 6 nitrogen and oxygen atoms in total. The van der Waals surface area contributed by atoms with Crippen LogP contribution in [0, 0.1) is 0 Å². The Morgan fingerprint density at radius 3 is 2.80 bits per heavy atom. The van der Waals surface area contributed by atoms with Crippen LogP contribution >= 0.6 is 12.4 Å². The van der Waals surface area contributed by atoms with E-state index in [1.54, 1.807) is 12.1 Å². The molecule has 1 heterocycles. The van der Waals surface area contributed by atoms with Gasteiger partial charge in [0.2, 0.25) is 10.0 Å². The Hall–Kier alpha value is -0.990. The van der Waals surface area contributed by atoms with Crippen molar-refractivity contribution in [2.24, 2.45) is 0 Å². The monoisotopic (exact) mass is 386 g/mol. The number of ketones is 1. The van der Waals surface area contributed by atoms with E-state index < -0.39 is 10.0 Å². The lowest BCUT2D eigenvalue weighted by Crippen LogP contribution is -2.59. The van der Waals surface area contributed by atoms with Crippen molar-refractivity contribution in [1.82, 2.24) is 10.0 Å². The number of sulfonamides is 1. The van der Waals surface area contributed by atoms with Crippen LogP contribution in [-0.4, -0.2) is 45.5 Å². The van der Waals surface area contributed by atoms with Crippen molar-refractivity contribution in [1.29, 1.82) is 0 Å². The topological polar surface area (TPSA) is 84.5 Å². The third-order valence-corrected chi connectivity index (χ3v) is 6.74. The zero-order valence-electron chi connectivity index (χ0n) is 13.9. The minimum absolute atomic E-state index is 0. The molecule has 0 bridgehead atoms. The molecule has 1 saturated carbocycles. The van der Waals surface area contributed by atoms with E-state index in [9.17, 15) is 13.2 Å². The maximum absolute atomic E-state index is 12.5. The number of rotatable bonds is 4. The zero-order chi connectivity index (χ0) is 16.8. The molecule has 3 aliphatic rings. The van der Waals surface area contributed by atoms with Crippen molar-refractivity contribution in [3.63, 3.8) is 0 Å². The summed E-state index contributed by atoms with van der Waals surface area (Å²) in [6.07, 6.45) is 4.25. The fourth-order valence-corrected chi connectivity index (χ4v) is 4.84. The number of carbonyl (C=O) groups excluding carboxylic acids is 1. The zero-order valence-corrected chi connectivity index (χ0v) is 15.5. The van der Waals surface area contributed by atoms with Gasteiger partial charge in [0.15, 0.2) is 5.78 Å². The van der Waals surface area contributed by atoms with Gasteiger partial charge < -0.3 is 10.1 Å². The highest BCUT2D eigenvalue weighted by Crippen LogP contribution is 2.37. The summed E-state index contributed by atoms with van der Waals surface area (Å²) in [5.41, 5.74) is 1.39. The predicted octanol–water partition coefficient (Wildman–Crippen LogP) is 1.43. The van der Waals surface area contributed by atoms with E-state index in [1.807, 2.05) is 0 Å². The van der Waals surface area contributed by atoms with Gasteiger partial charge in [-0.05, 0) is 43.4 Å². The minimum Gasteiger partial charge on any atom is -0.368 e. The summed E-state index contributed by atoms with van der Waals surface area (Å²) in [4.78, 5) is 12.0. The van der Waals surface area contributed by atoms with Gasteiger partial charge in [0.1, 0.15) is 0 Å². The molecule has 1 aromatic carbocycles. The highest BCUT2D eigenvalue weighted by molar-refractivity contribution is 7.89. The fourth-order valence-electron chi connectivity index (χ4n) is 3.75. The van der Waals surface area contributed by atoms with Crippen LogP contribution < -0.4 is 10.0 Å². The Balaban J connectivity index is 0.00000182. The number of aryl methyl sites for hydroxylation is 1. The lowest BCUT2D eigenvalue weighted by molar-refractivity contribution is -0.154. The van der Waals surface area contributed by atoms with Gasteiger partial charge in [-0.3, -0.25) is 4.79 Å². The van der Waals surface area contributed by atoms with Crippen LogP contribution in [-0.2, 0) is 21.2 Å². The number of fused-ring (bicyclic) bond motifs is 1. The Morgan fingerprint density at radius 1 is 1.28 bits per heavy atom. The SMILES string of the molecule is Cl.O=C1CCc2ccc(S(=O)(=O)NCC3CNCC4(CCC4)O3)cc21. The van der Waals surface area contributed by atoms with Crippen LogP contribution in [0.25, 0.3) is 0 Å². The van der Waals surface area contributed by atoms with E-state index in [4.69, 9.17) is 4.74 Å². The molecule has 1 aliphatic heterocycles. The Labute approximate surface area is 154 Å². The number of benzene rings is 1. The van der Waals surface area contributed by atoms with Crippen LogP contribution in [0.2, 0.25) is 0 Å². The van der Waals surface area contributed by atoms with Gasteiger partial charge in [0.05, 0.1) is 16.6 Å². The second kappa shape index (κ2) is 6.96. The predicted molar refractivity (Wildman–Crippen MR) is 95.9 cm³/mol. The third kappa shape index (κ3) is 3.61. The summed E-state index contributed by atoms with van der Waals surface area (Å²) in [6, 6.07) is 4.82. The maximum atomic E-state index is 12.5. The molecule has 0 aromatic heterocycles. The molecule has 2 N–H and O–H groups in total. The molecule has 4 rings (SSSR count). The van der Waals surface area contributed by atoms with Gasteiger partial charge >= 0.3 is 0 Å². The molecule has 0 radical (unpaired) electrons. The number of hydrogen-bond donors (Lipinski definition) is 2. The number of carbonyl (C=O) groups is 1. The first-order valence-electron chi connectivity index (χ1n) is 8.52. The summed E-state index contributed by atoms with van der Waals surface area (Å²) < 4.78 is 33.8. The van der Waals surface area contributed by atoms with E-state index in [0.717, 1.165) is 24.9 Å². The van der Waals surface area contributed by atoms with Crippen LogP contribution in [0.1, 0.15) is 41.6 Å². The van der Waals surface area contributed by atoms with Gasteiger partial charge in [0.25, 0.3) is 0 Å². The second-order valence-electron chi connectivity index (χ2n) is 7.00. The lowest BCUT2D eigenvalue weighted by atomic mass is 9.79. The van der Waals surface area contributed by atoms with Gasteiger partial charge in [-0.15, -0.1) is 12.4 Å². The normalized spacial score (nSPS) is 24.5. The van der Waals surface area contributed by atoms with Crippen molar-refractivity contribution in [2.75, 3.05) is 19.6 Å². The maximum Gasteiger partial charge on any atom is 0.240 e. The third-order valence-electron chi connectivity index (χ3n) is 5.32. The fraction of sp³-hybridized carbons (Fsp3) is 0.588. The van der Waals surface area contributed by atoms with Gasteiger partial charge in [-0.1, -0.05) is 6.07 Å². The lowest BCUT2D eigenvalue weighted by Gasteiger charge is -2.47. The molecule has 0 amide bonds. The number of nitrogens with one attached hydrogen (secondary N) is 2.